The number of nitrogens with zero attached hydrogens (tertiary/aromatic N) is 4. The molecule has 4 rings (SSSR count). The van der Waals surface area contributed by atoms with Crippen LogP contribution in [0.3, 0.4) is 0 Å². The summed E-state index contributed by atoms with van der Waals surface area (Å²) in [4.78, 5) is 38.0. The molecule has 3 aromatic rings. The number of aliphatic carboxylic acids is 1. The highest BCUT2D eigenvalue weighted by Gasteiger charge is 2.61. The van der Waals surface area contributed by atoms with Crippen LogP contribution in [-0.2, 0) is 10.2 Å². The maximum absolute atomic E-state index is 14.4. The van der Waals surface area contributed by atoms with Crippen LogP contribution in [0.2, 0.25) is 0 Å². The molecule has 0 bridgehead atoms. The Labute approximate surface area is 220 Å². The van der Waals surface area contributed by atoms with Gasteiger partial charge in [0, 0.05) is 24.1 Å². The van der Waals surface area contributed by atoms with Crippen molar-refractivity contribution in [1.82, 2.24) is 20.0 Å². The monoisotopic (exact) mass is 526 g/mol. The molecule has 1 aliphatic rings. The van der Waals surface area contributed by atoms with Crippen LogP contribution in [0.1, 0.15) is 92.1 Å². The minimum absolute atomic E-state index is 0.00639. The lowest BCUT2D eigenvalue weighted by Crippen LogP contribution is -2.54. The molecule has 198 valence electrons. The van der Waals surface area contributed by atoms with Gasteiger partial charge in [-0.1, -0.05) is 45.8 Å². The molecule has 37 heavy (non-hydrogen) atoms. The lowest BCUT2D eigenvalue weighted by atomic mass is 9.83. The van der Waals surface area contributed by atoms with Crippen molar-refractivity contribution in [2.45, 2.75) is 77.3 Å². The molecule has 0 unspecified atom stereocenters. The number of methoxy groups -OCH3 is 1. The fourth-order valence-electron chi connectivity index (χ4n) is 5.42. The van der Waals surface area contributed by atoms with E-state index in [0.29, 0.717) is 28.0 Å². The van der Waals surface area contributed by atoms with Crippen molar-refractivity contribution in [2.75, 3.05) is 7.11 Å². The zero-order chi connectivity index (χ0) is 27.1. The number of rotatable bonds is 7. The largest absolute Gasteiger partial charge is 0.496 e. The number of benzene rings is 1. The number of carboxylic acid groups (broad SMARTS) is 1. The van der Waals surface area contributed by atoms with E-state index in [4.69, 9.17) is 9.26 Å². The van der Waals surface area contributed by atoms with Gasteiger partial charge in [0.25, 0.3) is 5.91 Å². The standard InChI is InChI=1S/C27H34N4O5S/c1-15(2)13-27(25(33)34)14-18(22-29-16(3)36-30-22)21(23-28-10-11-37-23)31(27)24(32)17-8-9-19(26(4,5)6)20(12-17)35-7/h8-12,15,18,21H,13-14H2,1-7H3,(H,33,34)/t18-,21-,27+/m1/s1. The van der Waals surface area contributed by atoms with Gasteiger partial charge in [0.2, 0.25) is 5.89 Å². The summed E-state index contributed by atoms with van der Waals surface area (Å²) < 4.78 is 10.9. The highest BCUT2D eigenvalue weighted by Crippen LogP contribution is 2.54. The number of carbonyl (C=O) groups excluding carboxylic acids is 1. The number of hydrogen-bond donors (Lipinski definition) is 1. The summed E-state index contributed by atoms with van der Waals surface area (Å²) in [6.45, 7) is 11.8. The molecule has 1 N–H and O–H groups in total. The van der Waals surface area contributed by atoms with Crippen LogP contribution in [0, 0.1) is 12.8 Å². The van der Waals surface area contributed by atoms with Crippen LogP contribution in [0.5, 0.6) is 5.75 Å². The number of ether oxygens (including phenoxy) is 1. The first-order chi connectivity index (χ1) is 17.4. The van der Waals surface area contributed by atoms with E-state index in [1.807, 2.05) is 25.3 Å². The van der Waals surface area contributed by atoms with Gasteiger partial charge in [-0.2, -0.15) is 4.98 Å². The lowest BCUT2D eigenvalue weighted by molar-refractivity contribution is -0.150. The number of aromatic nitrogens is 3. The zero-order valence-electron chi connectivity index (χ0n) is 22.3. The molecular weight excluding hydrogens is 492 g/mol. The minimum Gasteiger partial charge on any atom is -0.496 e. The Morgan fingerprint density at radius 1 is 1.32 bits per heavy atom. The number of hydrogen-bond acceptors (Lipinski definition) is 8. The minimum atomic E-state index is -1.49. The Hall–Kier alpha value is -3.27. The van der Waals surface area contributed by atoms with Crippen molar-refractivity contribution in [2.24, 2.45) is 5.92 Å². The molecule has 0 aliphatic carbocycles. The van der Waals surface area contributed by atoms with E-state index in [9.17, 15) is 14.7 Å². The topological polar surface area (TPSA) is 119 Å². The summed E-state index contributed by atoms with van der Waals surface area (Å²) in [7, 11) is 1.57. The summed E-state index contributed by atoms with van der Waals surface area (Å²) >= 11 is 1.38. The molecule has 10 heteroatoms. The second-order valence-corrected chi connectivity index (χ2v) is 12.0. The van der Waals surface area contributed by atoms with E-state index in [2.05, 4.69) is 35.9 Å². The predicted octanol–water partition coefficient (Wildman–Crippen LogP) is 5.38. The van der Waals surface area contributed by atoms with Crippen molar-refractivity contribution in [3.05, 3.63) is 57.6 Å². The Morgan fingerprint density at radius 2 is 2.05 bits per heavy atom. The summed E-state index contributed by atoms with van der Waals surface area (Å²) in [5.41, 5.74) is -0.382. The highest BCUT2D eigenvalue weighted by atomic mass is 32.1. The molecule has 9 nitrogen and oxygen atoms in total. The molecule has 1 amide bonds. The average molecular weight is 527 g/mol. The molecule has 0 radical (unpaired) electrons. The first-order valence-corrected chi connectivity index (χ1v) is 13.2. The summed E-state index contributed by atoms with van der Waals surface area (Å²) in [5.74, 6) is -0.613. The Bertz CT molecular complexity index is 1280. The van der Waals surface area contributed by atoms with Crippen LogP contribution >= 0.6 is 11.3 Å². The molecule has 0 spiro atoms. The molecule has 3 atom stereocenters. The van der Waals surface area contributed by atoms with Gasteiger partial charge < -0.3 is 19.3 Å². The maximum atomic E-state index is 14.4. The average Bonchev–Trinajstić information content (AvgIpc) is 3.56. The van der Waals surface area contributed by atoms with Gasteiger partial charge in [-0.3, -0.25) is 4.79 Å². The van der Waals surface area contributed by atoms with Crippen molar-refractivity contribution in [3.63, 3.8) is 0 Å². The van der Waals surface area contributed by atoms with E-state index in [0.717, 1.165) is 5.56 Å². The fourth-order valence-corrected chi connectivity index (χ4v) is 6.21. The highest BCUT2D eigenvalue weighted by molar-refractivity contribution is 7.09. The van der Waals surface area contributed by atoms with Gasteiger partial charge in [-0.15, -0.1) is 11.3 Å². The number of likely N-dealkylation sites (tertiary alicyclic amines) is 1. The van der Waals surface area contributed by atoms with Gasteiger partial charge in [-0.25, -0.2) is 9.78 Å². The van der Waals surface area contributed by atoms with Crippen molar-refractivity contribution < 1.29 is 24.0 Å². The predicted molar refractivity (Wildman–Crippen MR) is 139 cm³/mol. The van der Waals surface area contributed by atoms with E-state index in [1.165, 1.54) is 16.2 Å². The van der Waals surface area contributed by atoms with Gasteiger partial charge in [0.1, 0.15) is 16.3 Å². The van der Waals surface area contributed by atoms with Crippen LogP contribution < -0.4 is 4.74 Å². The van der Waals surface area contributed by atoms with Crippen LogP contribution in [0.25, 0.3) is 0 Å². The maximum Gasteiger partial charge on any atom is 0.329 e. The third kappa shape index (κ3) is 4.86. The van der Waals surface area contributed by atoms with Gasteiger partial charge in [0.15, 0.2) is 5.82 Å². The third-order valence-corrected chi connectivity index (χ3v) is 7.72. The fraction of sp³-hybridized carbons (Fsp3) is 0.519. The summed E-state index contributed by atoms with van der Waals surface area (Å²) in [5, 5.41) is 17.3. The number of carbonyl (C=O) groups is 2. The molecule has 1 fully saturated rings. The quantitative estimate of drug-likeness (QED) is 0.436. The van der Waals surface area contributed by atoms with Crippen LogP contribution in [0.4, 0.5) is 0 Å². The molecular formula is C27H34N4O5S. The normalized spacial score (nSPS) is 22.0. The Kier molecular flexibility index (Phi) is 7.16. The third-order valence-electron chi connectivity index (χ3n) is 6.88. The SMILES string of the molecule is COc1cc(C(=O)N2[C@@H](c3nccs3)[C@H](c3noc(C)n3)C[C@@]2(CC(C)C)C(=O)O)ccc1C(C)(C)C. The number of aryl methyl sites for hydroxylation is 1. The zero-order valence-corrected chi connectivity index (χ0v) is 23.1. The van der Waals surface area contributed by atoms with E-state index in [1.54, 1.807) is 32.4 Å². The molecule has 3 heterocycles. The smallest absolute Gasteiger partial charge is 0.329 e. The molecule has 1 aliphatic heterocycles. The first kappa shape index (κ1) is 26.8. The van der Waals surface area contributed by atoms with Gasteiger partial charge >= 0.3 is 5.97 Å². The Morgan fingerprint density at radius 3 is 2.57 bits per heavy atom. The van der Waals surface area contributed by atoms with Crippen LogP contribution in [-0.4, -0.2) is 49.7 Å². The lowest BCUT2D eigenvalue weighted by Gasteiger charge is -2.38. The second-order valence-electron chi connectivity index (χ2n) is 11.1. The van der Waals surface area contributed by atoms with E-state index >= 15 is 0 Å². The van der Waals surface area contributed by atoms with E-state index < -0.39 is 29.4 Å². The van der Waals surface area contributed by atoms with Gasteiger partial charge in [0.05, 0.1) is 19.1 Å². The Balaban J connectivity index is 1.92. The molecule has 0 saturated carbocycles. The molecule has 2 aromatic heterocycles. The van der Waals surface area contributed by atoms with Gasteiger partial charge in [-0.05, 0) is 41.9 Å². The summed E-state index contributed by atoms with van der Waals surface area (Å²) in [6, 6.07) is 4.66. The van der Waals surface area contributed by atoms with E-state index in [-0.39, 0.29) is 24.2 Å². The second kappa shape index (κ2) is 9.89. The number of amides is 1. The van der Waals surface area contributed by atoms with Crippen molar-refractivity contribution >= 4 is 23.2 Å². The van der Waals surface area contributed by atoms with Crippen molar-refractivity contribution in [3.8, 4) is 5.75 Å². The first-order valence-electron chi connectivity index (χ1n) is 12.3. The van der Waals surface area contributed by atoms with Crippen LogP contribution in [0.15, 0.2) is 34.3 Å². The number of carboxylic acids is 1. The summed E-state index contributed by atoms with van der Waals surface area (Å²) in [6.07, 6.45) is 2.07. The molecule has 1 aromatic carbocycles. The number of thiazole rings is 1. The molecule has 1 saturated heterocycles. The van der Waals surface area contributed by atoms with Crippen molar-refractivity contribution in [1.29, 1.82) is 0 Å².